The lowest BCUT2D eigenvalue weighted by Gasteiger charge is -2.16. The quantitative estimate of drug-likeness (QED) is 0.439. The Morgan fingerprint density at radius 2 is 2.36 bits per heavy atom. The van der Waals surface area contributed by atoms with Gasteiger partial charge in [0, 0.05) is 0 Å². The molecule has 11 heavy (non-hydrogen) atoms. The number of thioether (sulfide) groups is 1. The number of amides is 1. The van der Waals surface area contributed by atoms with Gasteiger partial charge in [0.2, 0.25) is 6.08 Å². The van der Waals surface area contributed by atoms with Crippen LogP contribution in [0.2, 0.25) is 0 Å². The second kappa shape index (κ2) is 4.31. The molecule has 0 aliphatic carbocycles. The maximum absolute atomic E-state index is 10.9. The van der Waals surface area contributed by atoms with Gasteiger partial charge in [-0.15, -0.1) is 16.8 Å². The first-order chi connectivity index (χ1) is 5.34. The fourth-order valence-electron chi connectivity index (χ4n) is 1.05. The summed E-state index contributed by atoms with van der Waals surface area (Å²) in [6.45, 7) is 0. The van der Waals surface area contributed by atoms with Crippen LogP contribution in [0.25, 0.3) is 0 Å². The number of carbonyl (C=O) groups is 1. The summed E-state index contributed by atoms with van der Waals surface area (Å²) in [4.78, 5) is 23.8. The second-order valence-electron chi connectivity index (χ2n) is 2.40. The summed E-state index contributed by atoms with van der Waals surface area (Å²) in [7, 11) is 0. The molecule has 0 radical (unpaired) electrons. The van der Waals surface area contributed by atoms with Gasteiger partial charge in [0.1, 0.15) is 0 Å². The first-order valence-corrected chi connectivity index (χ1v) is 4.63. The van der Waals surface area contributed by atoms with Gasteiger partial charge in [-0.1, -0.05) is 6.42 Å². The molecule has 1 atom stereocenters. The van der Waals surface area contributed by atoms with E-state index in [0.717, 1.165) is 18.6 Å². The highest BCUT2D eigenvalue weighted by molar-refractivity contribution is 8.00. The van der Waals surface area contributed by atoms with E-state index >= 15 is 0 Å². The molecule has 60 valence electrons. The minimum absolute atomic E-state index is 0.0785. The fraction of sp³-hybridized carbons (Fsp3) is 0.714. The van der Waals surface area contributed by atoms with Gasteiger partial charge in [0.15, 0.2) is 0 Å². The number of rotatable bonds is 1. The molecule has 1 saturated heterocycles. The summed E-state index contributed by atoms with van der Waals surface area (Å²) in [6, 6.07) is 0. The van der Waals surface area contributed by atoms with Crippen molar-refractivity contribution >= 4 is 23.7 Å². The smallest absolute Gasteiger partial charge is 0.269 e. The van der Waals surface area contributed by atoms with Gasteiger partial charge in [-0.2, -0.15) is 0 Å². The second-order valence-corrected chi connectivity index (χ2v) is 3.71. The third-order valence-corrected chi connectivity index (χ3v) is 2.98. The molecule has 1 aliphatic heterocycles. The van der Waals surface area contributed by atoms with E-state index in [2.05, 4.69) is 4.99 Å². The van der Waals surface area contributed by atoms with Crippen molar-refractivity contribution in [2.24, 2.45) is 4.99 Å². The summed E-state index contributed by atoms with van der Waals surface area (Å²) in [5.41, 5.74) is 0. The van der Waals surface area contributed by atoms with Crippen molar-refractivity contribution in [3.8, 4) is 0 Å². The van der Waals surface area contributed by atoms with E-state index in [4.69, 9.17) is 0 Å². The average Bonchev–Trinajstić information content (AvgIpc) is 2.07. The van der Waals surface area contributed by atoms with Gasteiger partial charge in [-0.3, -0.25) is 4.79 Å². The molecule has 0 N–H and O–H groups in total. The number of hydrogen-bond donors (Lipinski definition) is 0. The zero-order valence-electron chi connectivity index (χ0n) is 6.08. The van der Waals surface area contributed by atoms with Crippen molar-refractivity contribution < 1.29 is 9.59 Å². The topological polar surface area (TPSA) is 46.5 Å². The summed E-state index contributed by atoms with van der Waals surface area (Å²) < 4.78 is 0. The minimum Gasteiger partial charge on any atom is -0.271 e. The van der Waals surface area contributed by atoms with E-state index in [1.807, 2.05) is 0 Å². The molecule has 0 aromatic rings. The van der Waals surface area contributed by atoms with E-state index in [1.165, 1.54) is 12.5 Å². The van der Waals surface area contributed by atoms with Crippen LogP contribution in [0.1, 0.15) is 19.3 Å². The lowest BCUT2D eigenvalue weighted by Crippen LogP contribution is -2.18. The lowest BCUT2D eigenvalue weighted by atomic mass is 10.2. The molecule has 1 fully saturated rings. The molecule has 0 saturated carbocycles. The van der Waals surface area contributed by atoms with Crippen LogP contribution in [0.15, 0.2) is 4.99 Å². The minimum atomic E-state index is -0.315. The van der Waals surface area contributed by atoms with Crippen molar-refractivity contribution in [2.45, 2.75) is 24.5 Å². The standard InChI is InChI=1S/C7H9NO2S/c9-5-8-7(10)6-3-1-2-4-11-6/h6H,1-4H2. The van der Waals surface area contributed by atoms with Gasteiger partial charge >= 0.3 is 0 Å². The fourth-order valence-corrected chi connectivity index (χ4v) is 2.24. The molecule has 1 amide bonds. The van der Waals surface area contributed by atoms with E-state index < -0.39 is 0 Å². The number of hydrogen-bond acceptors (Lipinski definition) is 3. The van der Waals surface area contributed by atoms with E-state index in [1.54, 1.807) is 11.8 Å². The maximum atomic E-state index is 10.9. The van der Waals surface area contributed by atoms with Crippen LogP contribution < -0.4 is 0 Å². The first kappa shape index (κ1) is 8.50. The predicted octanol–water partition coefficient (Wildman–Crippen LogP) is 1.13. The van der Waals surface area contributed by atoms with Crippen molar-refractivity contribution in [3.05, 3.63) is 0 Å². The molecule has 1 rings (SSSR count). The van der Waals surface area contributed by atoms with Gasteiger partial charge in [-0.25, -0.2) is 4.79 Å². The van der Waals surface area contributed by atoms with Crippen LogP contribution in [-0.2, 0) is 9.59 Å². The summed E-state index contributed by atoms with van der Waals surface area (Å²) >= 11 is 1.59. The Labute approximate surface area is 69.3 Å². The highest BCUT2D eigenvalue weighted by atomic mass is 32.2. The van der Waals surface area contributed by atoms with Crippen LogP contribution in [0.5, 0.6) is 0 Å². The maximum Gasteiger partial charge on any atom is 0.269 e. The third kappa shape index (κ3) is 2.48. The van der Waals surface area contributed by atoms with Gasteiger partial charge < -0.3 is 0 Å². The summed E-state index contributed by atoms with van der Waals surface area (Å²) in [5.74, 6) is 0.690. The highest BCUT2D eigenvalue weighted by Gasteiger charge is 2.20. The number of nitrogens with zero attached hydrogens (tertiary/aromatic N) is 1. The van der Waals surface area contributed by atoms with Crippen molar-refractivity contribution in [1.29, 1.82) is 0 Å². The molecular formula is C7H9NO2S. The first-order valence-electron chi connectivity index (χ1n) is 3.58. The Morgan fingerprint density at radius 3 is 2.91 bits per heavy atom. The van der Waals surface area contributed by atoms with Crippen LogP contribution >= 0.6 is 11.8 Å². The zero-order chi connectivity index (χ0) is 8.10. The monoisotopic (exact) mass is 171 g/mol. The van der Waals surface area contributed by atoms with Crippen molar-refractivity contribution in [2.75, 3.05) is 5.75 Å². The Balaban J connectivity index is 2.44. The Bertz CT molecular complexity index is 193. The van der Waals surface area contributed by atoms with E-state index in [0.29, 0.717) is 0 Å². The van der Waals surface area contributed by atoms with Gasteiger partial charge in [-0.05, 0) is 18.6 Å². The van der Waals surface area contributed by atoms with Gasteiger partial charge in [0.25, 0.3) is 5.91 Å². The van der Waals surface area contributed by atoms with E-state index in [9.17, 15) is 9.59 Å². The molecule has 0 aromatic carbocycles. The molecule has 1 heterocycles. The van der Waals surface area contributed by atoms with Crippen LogP contribution in [0.3, 0.4) is 0 Å². The van der Waals surface area contributed by atoms with Crippen molar-refractivity contribution in [1.82, 2.24) is 0 Å². The highest BCUT2D eigenvalue weighted by Crippen LogP contribution is 2.25. The van der Waals surface area contributed by atoms with Gasteiger partial charge in [0.05, 0.1) is 5.25 Å². The number of carbonyl (C=O) groups excluding carboxylic acids is 2. The molecule has 0 bridgehead atoms. The van der Waals surface area contributed by atoms with Crippen LogP contribution in [0.4, 0.5) is 0 Å². The number of aliphatic imine (C=N–C) groups is 1. The molecule has 0 aromatic heterocycles. The molecule has 1 unspecified atom stereocenters. The number of isocyanates is 1. The van der Waals surface area contributed by atoms with Crippen LogP contribution in [-0.4, -0.2) is 23.0 Å². The predicted molar refractivity (Wildman–Crippen MR) is 43.2 cm³/mol. The Morgan fingerprint density at radius 1 is 1.55 bits per heavy atom. The third-order valence-electron chi connectivity index (χ3n) is 1.61. The van der Waals surface area contributed by atoms with Crippen molar-refractivity contribution in [3.63, 3.8) is 0 Å². The lowest BCUT2D eigenvalue weighted by molar-refractivity contribution is -0.117. The molecular weight excluding hydrogens is 162 g/mol. The Hall–Kier alpha value is -0.600. The summed E-state index contributed by atoms with van der Waals surface area (Å²) in [6.07, 6.45) is 4.37. The molecule has 4 heteroatoms. The summed E-state index contributed by atoms with van der Waals surface area (Å²) in [5, 5.41) is -0.0785. The normalized spacial score (nSPS) is 23.8. The van der Waals surface area contributed by atoms with E-state index in [-0.39, 0.29) is 11.2 Å². The Kier molecular flexibility index (Phi) is 3.33. The zero-order valence-corrected chi connectivity index (χ0v) is 6.89. The van der Waals surface area contributed by atoms with Crippen LogP contribution in [0, 0.1) is 0 Å². The molecule has 1 aliphatic rings. The molecule has 3 nitrogen and oxygen atoms in total. The molecule has 0 spiro atoms. The largest absolute Gasteiger partial charge is 0.271 e. The average molecular weight is 171 g/mol. The SMILES string of the molecule is O=C=NC(=O)C1CCCCS1.